The van der Waals surface area contributed by atoms with Crippen LogP contribution in [-0.2, 0) is 9.59 Å². The van der Waals surface area contributed by atoms with Crippen LogP contribution >= 0.6 is 0 Å². The van der Waals surface area contributed by atoms with Crippen molar-refractivity contribution in [2.45, 2.75) is 18.8 Å². The molecule has 124 valence electrons. The van der Waals surface area contributed by atoms with Crippen molar-refractivity contribution in [1.82, 2.24) is 5.32 Å². The fourth-order valence-corrected chi connectivity index (χ4v) is 2.86. The number of carbonyl (C=O) groups excluding carboxylic acids is 2. The predicted molar refractivity (Wildman–Crippen MR) is 95.0 cm³/mol. The average molecular weight is 323 g/mol. The molecule has 0 bridgehead atoms. The van der Waals surface area contributed by atoms with Gasteiger partial charge in [0.05, 0.1) is 5.92 Å². The summed E-state index contributed by atoms with van der Waals surface area (Å²) in [6.07, 6.45) is 1.02. The van der Waals surface area contributed by atoms with Crippen molar-refractivity contribution in [3.8, 4) is 0 Å². The van der Waals surface area contributed by atoms with Gasteiger partial charge in [-0.15, -0.1) is 0 Å². The highest BCUT2D eigenvalue weighted by atomic mass is 16.2. The normalized spacial score (nSPS) is 16.0. The molecule has 1 heterocycles. The smallest absolute Gasteiger partial charge is 0.228 e. The third-order valence-electron chi connectivity index (χ3n) is 4.07. The van der Waals surface area contributed by atoms with Crippen LogP contribution in [0.4, 0.5) is 11.4 Å². The van der Waals surface area contributed by atoms with Crippen LogP contribution in [0, 0.1) is 0 Å². The van der Waals surface area contributed by atoms with Gasteiger partial charge in [0.25, 0.3) is 0 Å². The lowest BCUT2D eigenvalue weighted by Gasteiger charge is -2.24. The third kappa shape index (κ3) is 3.93. The number of anilines is 2. The fourth-order valence-electron chi connectivity index (χ4n) is 2.86. The van der Waals surface area contributed by atoms with Gasteiger partial charge in [0.15, 0.2) is 0 Å². The number of carbonyl (C=O) groups is 2. The Morgan fingerprint density at radius 3 is 2.62 bits per heavy atom. The molecule has 2 aromatic carbocycles. The lowest BCUT2D eigenvalue weighted by molar-refractivity contribution is -0.126. The molecule has 5 nitrogen and oxygen atoms in total. The van der Waals surface area contributed by atoms with Crippen molar-refractivity contribution in [2.24, 2.45) is 0 Å². The summed E-state index contributed by atoms with van der Waals surface area (Å²) in [5, 5.41) is 9.06. The largest absolute Gasteiger partial charge is 0.385 e. The van der Waals surface area contributed by atoms with E-state index in [9.17, 15) is 9.59 Å². The molecule has 3 rings (SSSR count). The molecule has 0 aliphatic carbocycles. The van der Waals surface area contributed by atoms with Crippen LogP contribution in [0.2, 0.25) is 0 Å². The van der Waals surface area contributed by atoms with Crippen molar-refractivity contribution in [3.05, 3.63) is 60.2 Å². The molecule has 0 saturated carbocycles. The van der Waals surface area contributed by atoms with Crippen LogP contribution in [0.15, 0.2) is 54.6 Å². The Morgan fingerprint density at radius 2 is 1.79 bits per heavy atom. The monoisotopic (exact) mass is 323 g/mol. The minimum Gasteiger partial charge on any atom is -0.385 e. The molecule has 3 N–H and O–H groups in total. The molecular formula is C19H21N3O2. The first-order chi connectivity index (χ1) is 11.7. The summed E-state index contributed by atoms with van der Waals surface area (Å²) in [7, 11) is 0. The first-order valence-corrected chi connectivity index (χ1v) is 8.19. The fraction of sp³-hybridized carbons (Fsp3) is 0.263. The Labute approximate surface area is 141 Å². The van der Waals surface area contributed by atoms with Gasteiger partial charge in [0.1, 0.15) is 0 Å². The molecule has 1 unspecified atom stereocenters. The standard InChI is InChI=1S/C19H21N3O2/c23-18-13-16(15-9-4-5-10-17(15)22-18)19(24)21-12-6-11-20-14-7-2-1-3-8-14/h1-5,7-10,16,20H,6,11-13H2,(H,21,24)(H,22,23). The number of amides is 2. The summed E-state index contributed by atoms with van der Waals surface area (Å²) in [6, 6.07) is 17.4. The molecular weight excluding hydrogens is 302 g/mol. The van der Waals surface area contributed by atoms with Gasteiger partial charge in [-0.05, 0) is 30.2 Å². The minimum absolute atomic E-state index is 0.0861. The summed E-state index contributed by atoms with van der Waals surface area (Å²) in [5.74, 6) is -0.603. The quantitative estimate of drug-likeness (QED) is 0.716. The maximum atomic E-state index is 12.4. The summed E-state index contributed by atoms with van der Waals surface area (Å²) in [6.45, 7) is 1.37. The second-order valence-corrected chi connectivity index (χ2v) is 5.83. The molecule has 2 aromatic rings. The van der Waals surface area contributed by atoms with Crippen LogP contribution < -0.4 is 16.0 Å². The van der Waals surface area contributed by atoms with E-state index in [1.165, 1.54) is 0 Å². The third-order valence-corrected chi connectivity index (χ3v) is 4.07. The number of hydrogen-bond acceptors (Lipinski definition) is 3. The number of rotatable bonds is 6. The minimum atomic E-state index is -0.406. The Bertz CT molecular complexity index is 716. The number of benzene rings is 2. The van der Waals surface area contributed by atoms with E-state index in [0.29, 0.717) is 6.54 Å². The van der Waals surface area contributed by atoms with E-state index < -0.39 is 5.92 Å². The number of fused-ring (bicyclic) bond motifs is 1. The van der Waals surface area contributed by atoms with Gasteiger partial charge in [-0.1, -0.05) is 36.4 Å². The lowest BCUT2D eigenvalue weighted by Crippen LogP contribution is -2.35. The molecule has 0 saturated heterocycles. The molecule has 0 radical (unpaired) electrons. The molecule has 1 aliphatic heterocycles. The van der Waals surface area contributed by atoms with E-state index in [2.05, 4.69) is 16.0 Å². The number of para-hydroxylation sites is 2. The molecule has 0 spiro atoms. The van der Waals surface area contributed by atoms with Crippen LogP contribution in [0.3, 0.4) is 0 Å². The van der Waals surface area contributed by atoms with Crippen LogP contribution in [0.1, 0.15) is 24.3 Å². The second kappa shape index (κ2) is 7.64. The average Bonchev–Trinajstić information content (AvgIpc) is 2.61. The summed E-state index contributed by atoms with van der Waals surface area (Å²) in [5.41, 5.74) is 2.69. The van der Waals surface area contributed by atoms with Gasteiger partial charge in [-0.3, -0.25) is 9.59 Å². The molecule has 0 fully saturated rings. The van der Waals surface area contributed by atoms with Gasteiger partial charge in [-0.2, -0.15) is 0 Å². The van der Waals surface area contributed by atoms with Crippen LogP contribution in [0.5, 0.6) is 0 Å². The highest BCUT2D eigenvalue weighted by Gasteiger charge is 2.29. The first kappa shape index (κ1) is 16.1. The Balaban J connectivity index is 1.48. The Morgan fingerprint density at radius 1 is 1.04 bits per heavy atom. The summed E-state index contributed by atoms with van der Waals surface area (Å²) in [4.78, 5) is 24.2. The van der Waals surface area contributed by atoms with Gasteiger partial charge in [0.2, 0.25) is 11.8 Å². The van der Waals surface area contributed by atoms with Crippen molar-refractivity contribution >= 4 is 23.2 Å². The predicted octanol–water partition coefficient (Wildman–Crippen LogP) is 2.73. The molecule has 0 aromatic heterocycles. The molecule has 1 atom stereocenters. The SMILES string of the molecule is O=C1CC(C(=O)NCCCNc2ccccc2)c2ccccc2N1. The van der Waals surface area contributed by atoms with E-state index in [1.807, 2.05) is 54.6 Å². The summed E-state index contributed by atoms with van der Waals surface area (Å²) >= 11 is 0. The topological polar surface area (TPSA) is 70.2 Å². The van der Waals surface area contributed by atoms with E-state index in [4.69, 9.17) is 0 Å². The van der Waals surface area contributed by atoms with Crippen molar-refractivity contribution in [2.75, 3.05) is 23.7 Å². The van der Waals surface area contributed by atoms with Crippen LogP contribution in [0.25, 0.3) is 0 Å². The molecule has 1 aliphatic rings. The Kier molecular flexibility index (Phi) is 5.11. The van der Waals surface area contributed by atoms with Crippen molar-refractivity contribution in [3.63, 3.8) is 0 Å². The zero-order chi connectivity index (χ0) is 16.8. The number of nitrogens with one attached hydrogen (secondary N) is 3. The molecule has 2 amide bonds. The second-order valence-electron chi connectivity index (χ2n) is 5.83. The van der Waals surface area contributed by atoms with Crippen molar-refractivity contribution in [1.29, 1.82) is 0 Å². The van der Waals surface area contributed by atoms with Gasteiger partial charge < -0.3 is 16.0 Å². The molecule has 5 heteroatoms. The van der Waals surface area contributed by atoms with E-state index in [0.717, 1.165) is 29.9 Å². The maximum absolute atomic E-state index is 12.4. The lowest BCUT2D eigenvalue weighted by atomic mass is 9.90. The highest BCUT2D eigenvalue weighted by Crippen LogP contribution is 2.31. The Hall–Kier alpha value is -2.82. The van der Waals surface area contributed by atoms with Crippen LogP contribution in [-0.4, -0.2) is 24.9 Å². The highest BCUT2D eigenvalue weighted by molar-refractivity contribution is 6.01. The van der Waals surface area contributed by atoms with Crippen molar-refractivity contribution < 1.29 is 9.59 Å². The van der Waals surface area contributed by atoms with Gasteiger partial charge in [-0.25, -0.2) is 0 Å². The first-order valence-electron chi connectivity index (χ1n) is 8.19. The zero-order valence-corrected chi connectivity index (χ0v) is 13.4. The van der Waals surface area contributed by atoms with E-state index in [1.54, 1.807) is 0 Å². The van der Waals surface area contributed by atoms with E-state index in [-0.39, 0.29) is 18.2 Å². The zero-order valence-electron chi connectivity index (χ0n) is 13.4. The van der Waals surface area contributed by atoms with E-state index >= 15 is 0 Å². The number of hydrogen-bond donors (Lipinski definition) is 3. The van der Waals surface area contributed by atoms with Gasteiger partial charge >= 0.3 is 0 Å². The maximum Gasteiger partial charge on any atom is 0.228 e. The summed E-state index contributed by atoms with van der Waals surface area (Å²) < 4.78 is 0. The molecule has 24 heavy (non-hydrogen) atoms. The van der Waals surface area contributed by atoms with Gasteiger partial charge in [0, 0.05) is 30.9 Å².